The Morgan fingerprint density at radius 1 is 0.848 bits per heavy atom. The minimum Gasteiger partial charge on any atom is -0.481 e. The molecule has 0 bridgehead atoms. The van der Waals surface area contributed by atoms with E-state index in [-0.39, 0.29) is 19.3 Å². The zero-order chi connectivity index (χ0) is 25.0. The van der Waals surface area contributed by atoms with Crippen molar-refractivity contribution in [3.05, 3.63) is 35.9 Å². The van der Waals surface area contributed by atoms with E-state index >= 15 is 0 Å². The molecule has 33 heavy (non-hydrogen) atoms. The molecular formula is C20H27N5O8. The van der Waals surface area contributed by atoms with Crippen molar-refractivity contribution in [1.29, 1.82) is 0 Å². The quantitative estimate of drug-likeness (QED) is 0.153. The summed E-state index contributed by atoms with van der Waals surface area (Å²) in [7, 11) is 0. The fourth-order valence-electron chi connectivity index (χ4n) is 2.79. The number of primary amides is 1. The molecule has 13 heteroatoms. The molecule has 1 aromatic carbocycles. The molecule has 3 unspecified atom stereocenters. The van der Waals surface area contributed by atoms with Crippen LogP contribution in [0.25, 0.3) is 0 Å². The number of hydrogen-bond donors (Lipinski definition) is 7. The van der Waals surface area contributed by atoms with Crippen molar-refractivity contribution < 1.29 is 39.0 Å². The minimum atomic E-state index is -1.65. The van der Waals surface area contributed by atoms with Crippen LogP contribution < -0.4 is 27.4 Å². The van der Waals surface area contributed by atoms with Gasteiger partial charge in [0.15, 0.2) is 0 Å². The summed E-state index contributed by atoms with van der Waals surface area (Å²) < 4.78 is 0. The van der Waals surface area contributed by atoms with Crippen LogP contribution in [0.4, 0.5) is 0 Å². The van der Waals surface area contributed by atoms with Crippen molar-refractivity contribution in [2.75, 3.05) is 6.54 Å². The predicted octanol–water partition coefficient (Wildman–Crippen LogP) is -2.53. The van der Waals surface area contributed by atoms with Crippen LogP contribution in [0.1, 0.15) is 24.8 Å². The largest absolute Gasteiger partial charge is 0.481 e. The highest BCUT2D eigenvalue weighted by Gasteiger charge is 2.31. The van der Waals surface area contributed by atoms with Gasteiger partial charge in [0, 0.05) is 12.8 Å². The molecule has 0 spiro atoms. The fourth-order valence-corrected chi connectivity index (χ4v) is 2.79. The van der Waals surface area contributed by atoms with Gasteiger partial charge in [-0.25, -0.2) is 4.79 Å². The van der Waals surface area contributed by atoms with Gasteiger partial charge in [-0.3, -0.25) is 24.0 Å². The zero-order valence-electron chi connectivity index (χ0n) is 17.7. The molecule has 1 rings (SSSR count). The number of nitrogens with one attached hydrogen (secondary N) is 3. The lowest BCUT2D eigenvalue weighted by Crippen LogP contribution is -2.57. The second-order valence-corrected chi connectivity index (χ2v) is 7.08. The second-order valence-electron chi connectivity index (χ2n) is 7.08. The van der Waals surface area contributed by atoms with Crippen LogP contribution in [-0.2, 0) is 35.2 Å². The van der Waals surface area contributed by atoms with Crippen molar-refractivity contribution in [3.8, 4) is 0 Å². The summed E-state index contributed by atoms with van der Waals surface area (Å²) in [4.78, 5) is 70.7. The van der Waals surface area contributed by atoms with Gasteiger partial charge in [-0.05, 0) is 12.0 Å². The Labute approximate surface area is 188 Å². The summed E-state index contributed by atoms with van der Waals surface area (Å²) in [5, 5.41) is 25.2. The normalized spacial score (nSPS) is 13.1. The van der Waals surface area contributed by atoms with Gasteiger partial charge in [0.05, 0.1) is 13.0 Å². The number of rotatable bonds is 14. The summed E-state index contributed by atoms with van der Waals surface area (Å²) in [5.41, 5.74) is 10.9. The predicted molar refractivity (Wildman–Crippen MR) is 113 cm³/mol. The molecule has 0 aliphatic heterocycles. The van der Waals surface area contributed by atoms with Gasteiger partial charge >= 0.3 is 11.9 Å². The Balaban J connectivity index is 2.97. The van der Waals surface area contributed by atoms with E-state index in [9.17, 15) is 33.9 Å². The summed E-state index contributed by atoms with van der Waals surface area (Å²) in [5.74, 6) is -6.29. The molecule has 0 aromatic heterocycles. The maximum absolute atomic E-state index is 12.7. The maximum Gasteiger partial charge on any atom is 0.326 e. The van der Waals surface area contributed by atoms with E-state index in [1.165, 1.54) is 0 Å². The highest BCUT2D eigenvalue weighted by atomic mass is 16.4. The highest BCUT2D eigenvalue weighted by Crippen LogP contribution is 2.06. The molecular weight excluding hydrogens is 438 g/mol. The highest BCUT2D eigenvalue weighted by molar-refractivity contribution is 5.95. The number of carbonyl (C=O) groups excluding carboxylic acids is 4. The van der Waals surface area contributed by atoms with Crippen molar-refractivity contribution in [2.45, 2.75) is 43.8 Å². The summed E-state index contributed by atoms with van der Waals surface area (Å²) in [6.07, 6.45) is -1.44. The number of aliphatic carboxylic acids is 2. The van der Waals surface area contributed by atoms with Gasteiger partial charge in [-0.15, -0.1) is 0 Å². The molecule has 0 aliphatic carbocycles. The Bertz CT molecular complexity index is 876. The summed E-state index contributed by atoms with van der Waals surface area (Å²) in [6, 6.07) is 4.04. The lowest BCUT2D eigenvalue weighted by molar-refractivity contribution is -0.143. The Hall–Kier alpha value is -4.00. The van der Waals surface area contributed by atoms with Crippen LogP contribution in [0, 0.1) is 0 Å². The van der Waals surface area contributed by atoms with Gasteiger partial charge in [-0.1, -0.05) is 30.3 Å². The molecule has 4 amide bonds. The monoisotopic (exact) mass is 465 g/mol. The topological polar surface area (TPSA) is 231 Å². The first-order chi connectivity index (χ1) is 15.5. The first kappa shape index (κ1) is 27.0. The number of carboxylic acids is 2. The number of carbonyl (C=O) groups is 6. The SMILES string of the molecule is NCC(=O)NC(CCC(N)=O)C(=O)NC(CC(=O)O)C(=O)NC(Cc1ccccc1)C(=O)O. The molecule has 1 aromatic rings. The van der Waals surface area contributed by atoms with E-state index in [1.54, 1.807) is 30.3 Å². The molecule has 9 N–H and O–H groups in total. The van der Waals surface area contributed by atoms with Gasteiger partial charge in [0.1, 0.15) is 18.1 Å². The van der Waals surface area contributed by atoms with Crippen LogP contribution in [0.2, 0.25) is 0 Å². The van der Waals surface area contributed by atoms with Crippen molar-refractivity contribution in [1.82, 2.24) is 16.0 Å². The number of nitrogens with two attached hydrogens (primary N) is 2. The van der Waals surface area contributed by atoms with Crippen LogP contribution in [0.5, 0.6) is 0 Å². The zero-order valence-corrected chi connectivity index (χ0v) is 17.7. The molecule has 0 saturated carbocycles. The van der Waals surface area contributed by atoms with E-state index in [1.807, 2.05) is 0 Å². The molecule has 180 valence electrons. The number of hydrogen-bond acceptors (Lipinski definition) is 7. The molecule has 0 heterocycles. The smallest absolute Gasteiger partial charge is 0.326 e. The molecule has 3 atom stereocenters. The Morgan fingerprint density at radius 3 is 1.94 bits per heavy atom. The van der Waals surface area contributed by atoms with Crippen LogP contribution in [-0.4, -0.2) is 70.5 Å². The van der Waals surface area contributed by atoms with Crippen LogP contribution >= 0.6 is 0 Å². The van der Waals surface area contributed by atoms with E-state index in [0.717, 1.165) is 0 Å². The molecule has 0 aliphatic rings. The van der Waals surface area contributed by atoms with Gasteiger partial charge < -0.3 is 37.6 Å². The molecule has 13 nitrogen and oxygen atoms in total. The lowest BCUT2D eigenvalue weighted by Gasteiger charge is -2.23. The van der Waals surface area contributed by atoms with E-state index < -0.39 is 66.7 Å². The van der Waals surface area contributed by atoms with Crippen molar-refractivity contribution in [2.24, 2.45) is 11.5 Å². The Kier molecular flexibility index (Phi) is 11.0. The molecule has 0 radical (unpaired) electrons. The third kappa shape index (κ3) is 10.2. The molecule has 0 saturated heterocycles. The van der Waals surface area contributed by atoms with E-state index in [4.69, 9.17) is 16.6 Å². The standard InChI is InChI=1S/C20H27N5O8/c21-10-16(27)23-12(6-7-15(22)26)18(30)24-13(9-17(28)29)19(31)25-14(20(32)33)8-11-4-2-1-3-5-11/h1-5,12-14H,6-10,21H2,(H2,22,26)(H,23,27)(H,24,30)(H,25,31)(H,28,29)(H,32,33). The average molecular weight is 465 g/mol. The second kappa shape index (κ2) is 13.4. The van der Waals surface area contributed by atoms with Crippen molar-refractivity contribution in [3.63, 3.8) is 0 Å². The summed E-state index contributed by atoms with van der Waals surface area (Å²) >= 11 is 0. The molecule has 0 fully saturated rings. The third-order valence-corrected chi connectivity index (χ3v) is 4.43. The van der Waals surface area contributed by atoms with E-state index in [2.05, 4.69) is 16.0 Å². The number of amides is 4. The van der Waals surface area contributed by atoms with E-state index in [0.29, 0.717) is 5.56 Å². The van der Waals surface area contributed by atoms with Crippen LogP contribution in [0.3, 0.4) is 0 Å². The van der Waals surface area contributed by atoms with Gasteiger partial charge in [0.2, 0.25) is 23.6 Å². The first-order valence-electron chi connectivity index (χ1n) is 9.90. The minimum absolute atomic E-state index is 0.0799. The average Bonchev–Trinajstić information content (AvgIpc) is 2.75. The fraction of sp³-hybridized carbons (Fsp3) is 0.400. The summed E-state index contributed by atoms with van der Waals surface area (Å²) in [6.45, 7) is -0.459. The van der Waals surface area contributed by atoms with Crippen LogP contribution in [0.15, 0.2) is 30.3 Å². The number of benzene rings is 1. The van der Waals surface area contributed by atoms with Crippen molar-refractivity contribution >= 4 is 35.6 Å². The lowest BCUT2D eigenvalue weighted by atomic mass is 10.0. The number of carboxylic acid groups (broad SMARTS) is 2. The third-order valence-electron chi connectivity index (χ3n) is 4.43. The van der Waals surface area contributed by atoms with Gasteiger partial charge in [-0.2, -0.15) is 0 Å². The Morgan fingerprint density at radius 2 is 1.42 bits per heavy atom. The maximum atomic E-state index is 12.7. The van der Waals surface area contributed by atoms with Gasteiger partial charge in [0.25, 0.3) is 0 Å². The first-order valence-corrected chi connectivity index (χ1v) is 9.90.